The fourth-order valence-electron chi connectivity index (χ4n) is 4.16. The first-order valence-corrected chi connectivity index (χ1v) is 10.8. The summed E-state index contributed by atoms with van der Waals surface area (Å²) in [6.07, 6.45) is -0.528. The van der Waals surface area contributed by atoms with Crippen molar-refractivity contribution in [2.45, 2.75) is 5.92 Å². The minimum absolute atomic E-state index is 0.00133. The largest absolute Gasteiger partial charge is 0.478 e. The minimum atomic E-state index is -0.991. The maximum absolute atomic E-state index is 12.4. The van der Waals surface area contributed by atoms with Crippen LogP contribution in [0.5, 0.6) is 11.5 Å². The quantitative estimate of drug-likeness (QED) is 0.348. The van der Waals surface area contributed by atoms with E-state index in [1.165, 1.54) is 23.3 Å². The summed E-state index contributed by atoms with van der Waals surface area (Å²) < 4.78 is 11.3. The average Bonchev–Trinajstić information content (AvgIpc) is 3.18. The van der Waals surface area contributed by atoms with Gasteiger partial charge in [0.1, 0.15) is 18.1 Å². The van der Waals surface area contributed by atoms with Crippen LogP contribution in [0.3, 0.4) is 0 Å². The Bertz CT molecular complexity index is 1300. The zero-order valence-electron chi connectivity index (χ0n) is 18.1. The van der Waals surface area contributed by atoms with Gasteiger partial charge in [-0.3, -0.25) is 5.32 Å². The van der Waals surface area contributed by atoms with Crippen molar-refractivity contribution in [2.24, 2.45) is 0 Å². The fourth-order valence-corrected chi connectivity index (χ4v) is 4.16. The number of carbonyl (C=O) groups excluding carboxylic acids is 1. The third-order valence-corrected chi connectivity index (χ3v) is 5.78. The Hall–Kier alpha value is -4.58. The Morgan fingerprint density at radius 2 is 1.26 bits per heavy atom. The molecule has 5 rings (SSSR count). The number of fused-ring (bicyclic) bond motifs is 3. The Morgan fingerprint density at radius 3 is 1.82 bits per heavy atom. The van der Waals surface area contributed by atoms with Crippen LogP contribution in [0.4, 0.5) is 10.5 Å². The lowest BCUT2D eigenvalue weighted by atomic mass is 9.98. The normalized spacial score (nSPS) is 11.9. The molecule has 6 heteroatoms. The molecule has 0 bridgehead atoms. The van der Waals surface area contributed by atoms with E-state index in [1.807, 2.05) is 24.3 Å². The van der Waals surface area contributed by atoms with Gasteiger partial charge in [-0.15, -0.1) is 0 Å². The number of carboxylic acids is 1. The molecule has 0 heterocycles. The highest BCUT2D eigenvalue weighted by Crippen LogP contribution is 2.44. The Labute approximate surface area is 196 Å². The first kappa shape index (κ1) is 21.3. The van der Waals surface area contributed by atoms with Crippen molar-refractivity contribution in [1.82, 2.24) is 0 Å². The topological polar surface area (TPSA) is 84.9 Å². The van der Waals surface area contributed by atoms with E-state index in [-0.39, 0.29) is 18.1 Å². The molecule has 0 radical (unpaired) electrons. The zero-order chi connectivity index (χ0) is 23.5. The third kappa shape index (κ3) is 4.34. The monoisotopic (exact) mass is 451 g/mol. The Kier molecular flexibility index (Phi) is 5.70. The first-order chi connectivity index (χ1) is 16.6. The van der Waals surface area contributed by atoms with E-state index in [1.54, 1.807) is 36.4 Å². The van der Waals surface area contributed by atoms with Crippen molar-refractivity contribution in [3.8, 4) is 22.6 Å². The molecule has 0 unspecified atom stereocenters. The summed E-state index contributed by atoms with van der Waals surface area (Å²) >= 11 is 0. The summed E-state index contributed by atoms with van der Waals surface area (Å²) in [6, 6.07) is 29.4. The van der Waals surface area contributed by atoms with Crippen LogP contribution in [-0.4, -0.2) is 23.8 Å². The maximum atomic E-state index is 12.4. The molecule has 0 fully saturated rings. The second-order valence-corrected chi connectivity index (χ2v) is 7.91. The molecule has 1 aliphatic carbocycles. The van der Waals surface area contributed by atoms with Crippen molar-refractivity contribution in [1.29, 1.82) is 0 Å². The number of anilines is 1. The van der Waals surface area contributed by atoms with Crippen molar-refractivity contribution in [3.05, 3.63) is 114 Å². The molecular formula is C28H21NO5. The van der Waals surface area contributed by atoms with E-state index < -0.39 is 12.1 Å². The summed E-state index contributed by atoms with van der Waals surface area (Å²) in [4.78, 5) is 23.4. The summed E-state index contributed by atoms with van der Waals surface area (Å²) in [5.41, 5.74) is 5.45. The molecule has 0 spiro atoms. The SMILES string of the molecule is O=C(Nc1ccc(Oc2ccc(C(=O)O)cc2)cc1)OCC1c2ccccc2-c2ccccc21. The smallest absolute Gasteiger partial charge is 0.411 e. The van der Waals surface area contributed by atoms with Gasteiger partial charge >= 0.3 is 12.1 Å². The third-order valence-electron chi connectivity index (χ3n) is 5.78. The number of carboxylic acid groups (broad SMARTS) is 1. The summed E-state index contributed by atoms with van der Waals surface area (Å²) in [6.45, 7) is 0.243. The molecule has 4 aromatic rings. The number of nitrogens with one attached hydrogen (secondary N) is 1. The molecule has 0 saturated heterocycles. The van der Waals surface area contributed by atoms with Crippen molar-refractivity contribution in [3.63, 3.8) is 0 Å². The number of carbonyl (C=O) groups is 2. The highest BCUT2D eigenvalue weighted by atomic mass is 16.5. The van der Waals surface area contributed by atoms with E-state index in [9.17, 15) is 9.59 Å². The predicted octanol–water partition coefficient (Wildman–Crippen LogP) is 6.54. The number of ether oxygens (including phenoxy) is 2. The number of rotatable bonds is 6. The number of hydrogen-bond donors (Lipinski definition) is 2. The number of amides is 1. The van der Waals surface area contributed by atoms with Gasteiger partial charge in [-0.2, -0.15) is 0 Å². The van der Waals surface area contributed by atoms with Gasteiger partial charge in [0.2, 0.25) is 0 Å². The fraction of sp³-hybridized carbons (Fsp3) is 0.0714. The number of benzene rings is 4. The van der Waals surface area contributed by atoms with Gasteiger partial charge in [-0.25, -0.2) is 9.59 Å². The molecule has 1 aliphatic rings. The highest BCUT2D eigenvalue weighted by Gasteiger charge is 2.29. The van der Waals surface area contributed by atoms with Gasteiger partial charge < -0.3 is 14.6 Å². The van der Waals surface area contributed by atoms with Crippen LogP contribution >= 0.6 is 0 Å². The predicted molar refractivity (Wildman–Crippen MR) is 129 cm³/mol. The van der Waals surface area contributed by atoms with Crippen molar-refractivity contribution in [2.75, 3.05) is 11.9 Å². The van der Waals surface area contributed by atoms with Crippen LogP contribution in [0.2, 0.25) is 0 Å². The van der Waals surface area contributed by atoms with Gasteiger partial charge in [-0.05, 0) is 70.8 Å². The van der Waals surface area contributed by atoms with Crippen LogP contribution in [0, 0.1) is 0 Å². The van der Waals surface area contributed by atoms with Crippen LogP contribution in [0.25, 0.3) is 11.1 Å². The molecule has 0 saturated carbocycles. The van der Waals surface area contributed by atoms with Gasteiger partial charge in [-0.1, -0.05) is 48.5 Å². The molecule has 0 atom stereocenters. The Morgan fingerprint density at radius 1 is 0.735 bits per heavy atom. The van der Waals surface area contributed by atoms with Crippen LogP contribution < -0.4 is 10.1 Å². The van der Waals surface area contributed by atoms with Crippen LogP contribution in [0.15, 0.2) is 97.1 Å². The lowest BCUT2D eigenvalue weighted by Gasteiger charge is -2.14. The molecule has 0 aromatic heterocycles. The molecule has 2 N–H and O–H groups in total. The average molecular weight is 451 g/mol. The minimum Gasteiger partial charge on any atom is -0.478 e. The summed E-state index contributed by atoms with van der Waals surface area (Å²) in [5, 5.41) is 11.7. The molecule has 34 heavy (non-hydrogen) atoms. The van der Waals surface area contributed by atoms with Gasteiger partial charge in [0, 0.05) is 11.6 Å². The van der Waals surface area contributed by atoms with Crippen LogP contribution in [-0.2, 0) is 4.74 Å². The van der Waals surface area contributed by atoms with E-state index >= 15 is 0 Å². The van der Waals surface area contributed by atoms with E-state index in [0.717, 1.165) is 11.1 Å². The highest BCUT2D eigenvalue weighted by molar-refractivity contribution is 5.87. The maximum Gasteiger partial charge on any atom is 0.411 e. The van der Waals surface area contributed by atoms with Gasteiger partial charge in [0.05, 0.1) is 5.56 Å². The first-order valence-electron chi connectivity index (χ1n) is 10.8. The van der Waals surface area contributed by atoms with Gasteiger partial charge in [0.25, 0.3) is 0 Å². The summed E-state index contributed by atoms with van der Waals surface area (Å²) in [5.74, 6) is 0.0834. The van der Waals surface area contributed by atoms with Crippen molar-refractivity contribution >= 4 is 17.7 Å². The van der Waals surface area contributed by atoms with E-state index in [0.29, 0.717) is 17.2 Å². The lowest BCUT2D eigenvalue weighted by molar-refractivity contribution is 0.0696. The molecule has 6 nitrogen and oxygen atoms in total. The Balaban J connectivity index is 1.19. The van der Waals surface area contributed by atoms with Crippen molar-refractivity contribution < 1.29 is 24.2 Å². The second-order valence-electron chi connectivity index (χ2n) is 7.91. The number of aromatic carboxylic acids is 1. The molecule has 1 amide bonds. The lowest BCUT2D eigenvalue weighted by Crippen LogP contribution is -2.17. The summed E-state index contributed by atoms with van der Waals surface area (Å²) in [7, 11) is 0. The zero-order valence-corrected chi connectivity index (χ0v) is 18.1. The second kappa shape index (κ2) is 9.11. The molecular weight excluding hydrogens is 430 g/mol. The van der Waals surface area contributed by atoms with E-state index in [4.69, 9.17) is 14.6 Å². The standard InChI is InChI=1S/C28H21NO5/c30-27(31)18-9-13-20(14-10-18)34-21-15-11-19(12-16-21)29-28(32)33-17-26-24-7-3-1-5-22(24)23-6-2-4-8-25(23)26/h1-16,26H,17H2,(H,29,32)(H,30,31). The number of hydrogen-bond acceptors (Lipinski definition) is 4. The molecule has 168 valence electrons. The van der Waals surface area contributed by atoms with Gasteiger partial charge in [0.15, 0.2) is 0 Å². The van der Waals surface area contributed by atoms with E-state index in [2.05, 4.69) is 29.6 Å². The molecule has 0 aliphatic heterocycles. The van der Waals surface area contributed by atoms with Crippen LogP contribution in [0.1, 0.15) is 27.4 Å². The molecule has 4 aromatic carbocycles.